The molecule has 8 heteroatoms. The first-order valence-corrected chi connectivity index (χ1v) is 12.4. The average molecular weight is 464 g/mol. The summed E-state index contributed by atoms with van der Waals surface area (Å²) in [5, 5.41) is 3.06. The molecule has 4 aromatic rings. The maximum atomic E-state index is 13.3. The summed E-state index contributed by atoms with van der Waals surface area (Å²) in [4.78, 5) is 20.1. The number of thioether (sulfide) groups is 1. The van der Waals surface area contributed by atoms with E-state index in [1.54, 1.807) is 18.2 Å². The zero-order valence-electron chi connectivity index (χ0n) is 17.3. The summed E-state index contributed by atoms with van der Waals surface area (Å²) in [6.07, 6.45) is 0. The number of carbonyl (C=O) groups is 1. The minimum absolute atomic E-state index is 0.0179. The van der Waals surface area contributed by atoms with E-state index >= 15 is 0 Å². The number of nitrogens with one attached hydrogen (secondary N) is 2. The SMILES string of the molecule is Cc1ccc(NC(=O)CSc2nc(-c3ccccc3)[nH]c2S(=O)(=O)c2ccccc2)cc1. The van der Waals surface area contributed by atoms with Gasteiger partial charge in [0.15, 0.2) is 5.03 Å². The number of carbonyl (C=O) groups excluding carboxylic acids is 1. The zero-order chi connectivity index (χ0) is 22.6. The highest BCUT2D eigenvalue weighted by molar-refractivity contribution is 8.00. The van der Waals surface area contributed by atoms with E-state index in [1.165, 1.54) is 12.1 Å². The Kier molecular flexibility index (Phi) is 6.43. The Balaban J connectivity index is 1.62. The van der Waals surface area contributed by atoms with Crippen LogP contribution in [0.4, 0.5) is 5.69 Å². The van der Waals surface area contributed by atoms with Crippen molar-refractivity contribution in [3.63, 3.8) is 0 Å². The van der Waals surface area contributed by atoms with Crippen molar-refractivity contribution in [1.82, 2.24) is 9.97 Å². The lowest BCUT2D eigenvalue weighted by molar-refractivity contribution is -0.113. The normalized spacial score (nSPS) is 11.3. The van der Waals surface area contributed by atoms with Gasteiger partial charge in [-0.3, -0.25) is 4.79 Å². The number of hydrogen-bond donors (Lipinski definition) is 2. The molecule has 1 aromatic heterocycles. The standard InChI is InChI=1S/C24H21N3O3S2/c1-17-12-14-19(15-13-17)25-21(28)16-31-23-24(32(29,30)20-10-6-3-7-11-20)27-22(26-23)18-8-4-2-5-9-18/h2-15H,16H2,1H3,(H,25,28)(H,26,27). The van der Waals surface area contributed by atoms with Gasteiger partial charge < -0.3 is 10.3 Å². The van der Waals surface area contributed by atoms with E-state index in [1.807, 2.05) is 61.5 Å². The predicted octanol–water partition coefficient (Wildman–Crippen LogP) is 4.95. The summed E-state index contributed by atoms with van der Waals surface area (Å²) < 4.78 is 26.6. The molecule has 32 heavy (non-hydrogen) atoms. The number of hydrogen-bond acceptors (Lipinski definition) is 5. The van der Waals surface area contributed by atoms with Gasteiger partial charge in [-0.15, -0.1) is 0 Å². The Morgan fingerprint density at radius 2 is 1.56 bits per heavy atom. The highest BCUT2D eigenvalue weighted by Crippen LogP contribution is 2.32. The van der Waals surface area contributed by atoms with Crippen LogP contribution in [-0.4, -0.2) is 30.0 Å². The number of benzene rings is 3. The minimum atomic E-state index is -3.84. The van der Waals surface area contributed by atoms with Crippen molar-refractivity contribution in [2.24, 2.45) is 0 Å². The molecule has 0 saturated heterocycles. The lowest BCUT2D eigenvalue weighted by Gasteiger charge is -2.06. The predicted molar refractivity (Wildman–Crippen MR) is 126 cm³/mol. The second-order valence-corrected chi connectivity index (χ2v) is 9.96. The van der Waals surface area contributed by atoms with Crippen LogP contribution in [-0.2, 0) is 14.6 Å². The molecule has 0 aliphatic heterocycles. The second kappa shape index (κ2) is 9.42. The number of amides is 1. The molecule has 0 radical (unpaired) electrons. The van der Waals surface area contributed by atoms with Gasteiger partial charge in [-0.05, 0) is 31.2 Å². The van der Waals surface area contributed by atoms with Crippen molar-refractivity contribution in [1.29, 1.82) is 0 Å². The Morgan fingerprint density at radius 1 is 0.938 bits per heavy atom. The molecule has 0 atom stereocenters. The van der Waals surface area contributed by atoms with Crippen LogP contribution >= 0.6 is 11.8 Å². The molecule has 4 rings (SSSR count). The third kappa shape index (κ3) is 4.92. The van der Waals surface area contributed by atoms with Crippen molar-refractivity contribution in [2.45, 2.75) is 21.9 Å². The van der Waals surface area contributed by atoms with Gasteiger partial charge in [-0.1, -0.05) is 78.0 Å². The van der Waals surface area contributed by atoms with Crippen molar-refractivity contribution >= 4 is 33.2 Å². The third-order valence-corrected chi connectivity index (χ3v) is 7.51. The first kappa shape index (κ1) is 21.9. The number of anilines is 1. The minimum Gasteiger partial charge on any atom is -0.328 e. The molecular formula is C24H21N3O3S2. The topological polar surface area (TPSA) is 91.9 Å². The maximum absolute atomic E-state index is 13.3. The van der Waals surface area contributed by atoms with E-state index in [4.69, 9.17) is 0 Å². The fraction of sp³-hybridized carbons (Fsp3) is 0.0833. The fourth-order valence-corrected chi connectivity index (χ4v) is 5.48. The first-order valence-electron chi connectivity index (χ1n) is 9.88. The van der Waals surface area contributed by atoms with E-state index in [-0.39, 0.29) is 26.6 Å². The van der Waals surface area contributed by atoms with Crippen LogP contribution in [0.2, 0.25) is 0 Å². The molecule has 1 heterocycles. The number of nitrogens with zero attached hydrogens (tertiary/aromatic N) is 1. The average Bonchev–Trinajstić information content (AvgIpc) is 3.26. The van der Waals surface area contributed by atoms with Crippen molar-refractivity contribution in [3.8, 4) is 11.4 Å². The lowest BCUT2D eigenvalue weighted by atomic mass is 10.2. The third-order valence-electron chi connectivity index (χ3n) is 4.68. The van der Waals surface area contributed by atoms with Gasteiger partial charge in [-0.25, -0.2) is 13.4 Å². The van der Waals surface area contributed by atoms with Gasteiger partial charge in [0.1, 0.15) is 10.9 Å². The van der Waals surface area contributed by atoms with E-state index in [2.05, 4.69) is 15.3 Å². The Labute approximate surface area is 191 Å². The zero-order valence-corrected chi connectivity index (χ0v) is 18.9. The van der Waals surface area contributed by atoms with Crippen LogP contribution in [0.3, 0.4) is 0 Å². The van der Waals surface area contributed by atoms with E-state index < -0.39 is 9.84 Å². The van der Waals surface area contributed by atoms with Gasteiger partial charge in [0.2, 0.25) is 15.7 Å². The Morgan fingerprint density at radius 3 is 2.22 bits per heavy atom. The molecule has 0 bridgehead atoms. The summed E-state index contributed by atoms with van der Waals surface area (Å²) >= 11 is 1.08. The molecule has 0 saturated carbocycles. The quantitative estimate of drug-likeness (QED) is 0.379. The van der Waals surface area contributed by atoms with Crippen LogP contribution in [0.15, 0.2) is 99.9 Å². The summed E-state index contributed by atoms with van der Waals surface area (Å²) in [5.74, 6) is 0.206. The number of aryl methyl sites for hydroxylation is 1. The van der Waals surface area contributed by atoms with E-state index in [0.717, 1.165) is 22.9 Å². The van der Waals surface area contributed by atoms with Gasteiger partial charge in [0.25, 0.3) is 0 Å². The van der Waals surface area contributed by atoms with Gasteiger partial charge in [0.05, 0.1) is 10.6 Å². The highest BCUT2D eigenvalue weighted by atomic mass is 32.2. The van der Waals surface area contributed by atoms with Gasteiger partial charge in [0, 0.05) is 11.3 Å². The molecule has 2 N–H and O–H groups in total. The van der Waals surface area contributed by atoms with Crippen LogP contribution < -0.4 is 5.32 Å². The summed E-state index contributed by atoms with van der Waals surface area (Å²) in [6.45, 7) is 1.97. The monoisotopic (exact) mass is 463 g/mol. The first-order chi connectivity index (χ1) is 15.4. The summed E-state index contributed by atoms with van der Waals surface area (Å²) in [5.41, 5.74) is 2.54. The Bertz CT molecular complexity index is 1320. The van der Waals surface area contributed by atoms with Crippen LogP contribution in [0.1, 0.15) is 5.56 Å². The Hall–Kier alpha value is -3.36. The number of imidazole rings is 1. The number of rotatable bonds is 7. The summed E-state index contributed by atoms with van der Waals surface area (Å²) in [6, 6.07) is 24.9. The number of sulfone groups is 1. The maximum Gasteiger partial charge on any atom is 0.234 e. The molecule has 6 nitrogen and oxygen atoms in total. The molecule has 0 unspecified atom stereocenters. The van der Waals surface area contributed by atoms with E-state index in [9.17, 15) is 13.2 Å². The number of H-pyrrole nitrogens is 1. The fourth-order valence-electron chi connectivity index (χ4n) is 3.04. The molecule has 0 spiro atoms. The highest BCUT2D eigenvalue weighted by Gasteiger charge is 2.26. The smallest absolute Gasteiger partial charge is 0.234 e. The molecule has 1 amide bonds. The largest absolute Gasteiger partial charge is 0.328 e. The molecule has 162 valence electrons. The van der Waals surface area contributed by atoms with Crippen LogP contribution in [0.5, 0.6) is 0 Å². The van der Waals surface area contributed by atoms with Crippen molar-refractivity contribution < 1.29 is 13.2 Å². The van der Waals surface area contributed by atoms with Gasteiger partial charge >= 0.3 is 0 Å². The van der Waals surface area contributed by atoms with Crippen molar-refractivity contribution in [2.75, 3.05) is 11.1 Å². The molecule has 3 aromatic carbocycles. The van der Waals surface area contributed by atoms with Crippen LogP contribution in [0, 0.1) is 6.92 Å². The molecule has 0 fully saturated rings. The number of aromatic nitrogens is 2. The molecular weight excluding hydrogens is 442 g/mol. The summed E-state index contributed by atoms with van der Waals surface area (Å²) in [7, 11) is -3.84. The van der Waals surface area contributed by atoms with Crippen LogP contribution in [0.25, 0.3) is 11.4 Å². The molecule has 0 aliphatic carbocycles. The van der Waals surface area contributed by atoms with E-state index in [0.29, 0.717) is 11.5 Å². The lowest BCUT2D eigenvalue weighted by Crippen LogP contribution is -2.14. The number of aromatic amines is 1. The molecule has 0 aliphatic rings. The second-order valence-electron chi connectivity index (χ2n) is 7.11. The van der Waals surface area contributed by atoms with Gasteiger partial charge in [-0.2, -0.15) is 0 Å². The van der Waals surface area contributed by atoms with Crippen molar-refractivity contribution in [3.05, 3.63) is 90.5 Å².